The topological polar surface area (TPSA) is 35.2 Å². The quantitative estimate of drug-likeness (QED) is 0.829. The van der Waals surface area contributed by atoms with E-state index in [1.807, 2.05) is 24.3 Å². The number of para-hydroxylation sites is 2. The lowest BCUT2D eigenvalue weighted by atomic mass is 10.1. The molecule has 1 aliphatic rings. The van der Waals surface area contributed by atoms with Gasteiger partial charge in [0.2, 0.25) is 0 Å². The highest BCUT2D eigenvalue weighted by Crippen LogP contribution is 2.47. The number of nitrogen functional groups attached to an aromatic ring is 1. The molecule has 0 unspecified atom stereocenters. The third-order valence-electron chi connectivity index (χ3n) is 3.52. The zero-order valence-electron chi connectivity index (χ0n) is 10.3. The van der Waals surface area contributed by atoms with E-state index in [4.69, 9.17) is 10.5 Å². The molecule has 2 aromatic rings. The first kappa shape index (κ1) is 11.1. The molecule has 2 N–H and O–H groups in total. The number of benzene rings is 2. The highest BCUT2D eigenvalue weighted by molar-refractivity contribution is 5.51. The van der Waals surface area contributed by atoms with Gasteiger partial charge >= 0.3 is 0 Å². The summed E-state index contributed by atoms with van der Waals surface area (Å²) >= 11 is 0. The molecule has 3 rings (SSSR count). The van der Waals surface area contributed by atoms with E-state index in [1.54, 1.807) is 0 Å². The zero-order chi connectivity index (χ0) is 12.4. The molecule has 2 aromatic carbocycles. The van der Waals surface area contributed by atoms with Gasteiger partial charge < -0.3 is 10.5 Å². The Kier molecular flexibility index (Phi) is 2.93. The van der Waals surface area contributed by atoms with Crippen molar-refractivity contribution in [2.24, 2.45) is 5.92 Å². The molecule has 92 valence electrons. The van der Waals surface area contributed by atoms with E-state index in [1.165, 1.54) is 12.0 Å². The van der Waals surface area contributed by atoms with Crippen molar-refractivity contribution in [1.29, 1.82) is 0 Å². The second kappa shape index (κ2) is 4.73. The summed E-state index contributed by atoms with van der Waals surface area (Å²) in [6.07, 6.45) is 1.22. The van der Waals surface area contributed by atoms with Gasteiger partial charge in [0.15, 0.2) is 0 Å². The number of ether oxygens (including phenoxy) is 1. The van der Waals surface area contributed by atoms with Crippen molar-refractivity contribution < 1.29 is 4.74 Å². The lowest BCUT2D eigenvalue weighted by Crippen LogP contribution is -2.02. The molecular formula is C16H17NO. The molecule has 2 heteroatoms. The summed E-state index contributed by atoms with van der Waals surface area (Å²) in [5, 5.41) is 0. The maximum Gasteiger partial charge on any atom is 0.142 e. The van der Waals surface area contributed by atoms with E-state index >= 15 is 0 Å². The normalized spacial score (nSPS) is 21.6. The van der Waals surface area contributed by atoms with Crippen molar-refractivity contribution in [2.75, 3.05) is 12.3 Å². The van der Waals surface area contributed by atoms with Gasteiger partial charge in [0.1, 0.15) is 5.75 Å². The van der Waals surface area contributed by atoms with Crippen LogP contribution in [-0.2, 0) is 0 Å². The smallest absolute Gasteiger partial charge is 0.142 e. The van der Waals surface area contributed by atoms with Crippen molar-refractivity contribution >= 4 is 5.69 Å². The van der Waals surface area contributed by atoms with Gasteiger partial charge in [-0.2, -0.15) is 0 Å². The Morgan fingerprint density at radius 1 is 1.00 bits per heavy atom. The SMILES string of the molecule is Nc1ccccc1OC[C@@H]1C[C@H]1c1ccccc1. The molecular weight excluding hydrogens is 222 g/mol. The molecule has 0 aliphatic heterocycles. The molecule has 0 spiro atoms. The standard InChI is InChI=1S/C16H17NO/c17-15-8-4-5-9-16(15)18-11-13-10-14(13)12-6-2-1-3-7-12/h1-9,13-14H,10-11,17H2/t13-,14-/m0/s1. The second-order valence-electron chi connectivity index (χ2n) is 4.86. The van der Waals surface area contributed by atoms with Crippen molar-refractivity contribution in [3.05, 3.63) is 60.2 Å². The van der Waals surface area contributed by atoms with Gasteiger partial charge in [0.05, 0.1) is 12.3 Å². The molecule has 2 atom stereocenters. The zero-order valence-corrected chi connectivity index (χ0v) is 10.3. The van der Waals surface area contributed by atoms with Crippen LogP contribution in [0.15, 0.2) is 54.6 Å². The molecule has 0 bridgehead atoms. The summed E-state index contributed by atoms with van der Waals surface area (Å²) in [6.45, 7) is 0.758. The fourth-order valence-corrected chi connectivity index (χ4v) is 2.35. The summed E-state index contributed by atoms with van der Waals surface area (Å²) in [7, 11) is 0. The molecule has 18 heavy (non-hydrogen) atoms. The molecule has 0 heterocycles. The maximum atomic E-state index is 5.85. The molecule has 1 saturated carbocycles. The summed E-state index contributed by atoms with van der Waals surface area (Å²) in [4.78, 5) is 0. The monoisotopic (exact) mass is 239 g/mol. The van der Waals surface area contributed by atoms with Crippen LogP contribution in [0.25, 0.3) is 0 Å². The Bertz CT molecular complexity index is 524. The van der Waals surface area contributed by atoms with Gasteiger partial charge in [-0.15, -0.1) is 0 Å². The molecule has 1 fully saturated rings. The number of nitrogens with two attached hydrogens (primary N) is 1. The minimum Gasteiger partial charge on any atom is -0.491 e. The molecule has 0 amide bonds. The molecule has 0 saturated heterocycles. The van der Waals surface area contributed by atoms with Crippen LogP contribution in [0.2, 0.25) is 0 Å². The van der Waals surface area contributed by atoms with E-state index in [0.29, 0.717) is 11.8 Å². The van der Waals surface area contributed by atoms with Crippen LogP contribution >= 0.6 is 0 Å². The third kappa shape index (κ3) is 2.33. The Labute approximate surface area is 107 Å². The largest absolute Gasteiger partial charge is 0.491 e. The lowest BCUT2D eigenvalue weighted by Gasteiger charge is -2.08. The first-order chi connectivity index (χ1) is 8.84. The lowest BCUT2D eigenvalue weighted by molar-refractivity contribution is 0.298. The summed E-state index contributed by atoms with van der Waals surface area (Å²) in [6, 6.07) is 18.3. The van der Waals surface area contributed by atoms with Gasteiger partial charge in [0, 0.05) is 5.92 Å². The maximum absolute atomic E-state index is 5.85. The van der Waals surface area contributed by atoms with E-state index in [-0.39, 0.29) is 0 Å². The highest BCUT2D eigenvalue weighted by Gasteiger charge is 2.38. The van der Waals surface area contributed by atoms with E-state index in [2.05, 4.69) is 30.3 Å². The average molecular weight is 239 g/mol. The van der Waals surface area contributed by atoms with Crippen LogP contribution in [0.1, 0.15) is 17.9 Å². The average Bonchev–Trinajstić information content (AvgIpc) is 3.18. The van der Waals surface area contributed by atoms with Crippen LogP contribution in [0.3, 0.4) is 0 Å². The fraction of sp³-hybridized carbons (Fsp3) is 0.250. The van der Waals surface area contributed by atoms with Gasteiger partial charge in [0.25, 0.3) is 0 Å². The Hall–Kier alpha value is -1.96. The van der Waals surface area contributed by atoms with Crippen LogP contribution < -0.4 is 10.5 Å². The first-order valence-corrected chi connectivity index (χ1v) is 6.37. The van der Waals surface area contributed by atoms with Crippen molar-refractivity contribution in [3.8, 4) is 5.75 Å². The van der Waals surface area contributed by atoms with Crippen LogP contribution in [0, 0.1) is 5.92 Å². The van der Waals surface area contributed by atoms with Crippen molar-refractivity contribution in [2.45, 2.75) is 12.3 Å². The predicted octanol–water partition coefficient (Wildman–Crippen LogP) is 3.45. The van der Waals surface area contributed by atoms with Gasteiger partial charge in [-0.25, -0.2) is 0 Å². The number of anilines is 1. The second-order valence-corrected chi connectivity index (χ2v) is 4.86. The highest BCUT2D eigenvalue weighted by atomic mass is 16.5. The third-order valence-corrected chi connectivity index (χ3v) is 3.52. The van der Waals surface area contributed by atoms with Gasteiger partial charge in [-0.3, -0.25) is 0 Å². The van der Waals surface area contributed by atoms with Crippen LogP contribution in [-0.4, -0.2) is 6.61 Å². The van der Waals surface area contributed by atoms with E-state index in [9.17, 15) is 0 Å². The fourth-order valence-electron chi connectivity index (χ4n) is 2.35. The molecule has 0 aromatic heterocycles. The number of rotatable bonds is 4. The Balaban J connectivity index is 1.56. The predicted molar refractivity (Wildman–Crippen MR) is 73.6 cm³/mol. The number of hydrogen-bond donors (Lipinski definition) is 1. The van der Waals surface area contributed by atoms with Crippen LogP contribution in [0.5, 0.6) is 5.75 Å². The van der Waals surface area contributed by atoms with E-state index < -0.39 is 0 Å². The first-order valence-electron chi connectivity index (χ1n) is 6.37. The van der Waals surface area contributed by atoms with Gasteiger partial charge in [-0.05, 0) is 30.0 Å². The number of hydrogen-bond acceptors (Lipinski definition) is 2. The minimum absolute atomic E-state index is 0.631. The van der Waals surface area contributed by atoms with Crippen molar-refractivity contribution in [3.63, 3.8) is 0 Å². The molecule has 1 aliphatic carbocycles. The van der Waals surface area contributed by atoms with E-state index in [0.717, 1.165) is 18.0 Å². The van der Waals surface area contributed by atoms with Crippen molar-refractivity contribution in [1.82, 2.24) is 0 Å². The Morgan fingerprint density at radius 2 is 1.72 bits per heavy atom. The van der Waals surface area contributed by atoms with Gasteiger partial charge in [-0.1, -0.05) is 42.5 Å². The summed E-state index contributed by atoms with van der Waals surface area (Å²) in [5.74, 6) is 2.10. The molecule has 0 radical (unpaired) electrons. The molecule has 2 nitrogen and oxygen atoms in total. The van der Waals surface area contributed by atoms with Crippen LogP contribution in [0.4, 0.5) is 5.69 Å². The summed E-state index contributed by atoms with van der Waals surface area (Å²) in [5.41, 5.74) is 7.99. The summed E-state index contributed by atoms with van der Waals surface area (Å²) < 4.78 is 5.79. The minimum atomic E-state index is 0.631. The Morgan fingerprint density at radius 3 is 2.50 bits per heavy atom.